The molecule has 1 rings (SSSR count). The topological polar surface area (TPSA) is 61.9 Å². The first-order valence-corrected chi connectivity index (χ1v) is 9.33. The molecule has 0 heterocycles. The van der Waals surface area contributed by atoms with Crippen molar-refractivity contribution in [2.24, 2.45) is 5.41 Å². The number of hydrogen-bond donors (Lipinski definition) is 1. The van der Waals surface area contributed by atoms with E-state index in [9.17, 15) is 9.59 Å². The zero-order valence-corrected chi connectivity index (χ0v) is 18.0. The number of anilines is 2. The van der Waals surface area contributed by atoms with Crippen LogP contribution in [0.2, 0.25) is 0 Å². The molecular weight excluding hydrogens is 342 g/mol. The van der Waals surface area contributed by atoms with Gasteiger partial charge in [0.25, 0.3) is 0 Å². The number of rotatable bonds is 8. The zero-order valence-electron chi connectivity index (χ0n) is 18.0. The summed E-state index contributed by atoms with van der Waals surface area (Å²) in [6.07, 6.45) is 0.493. The van der Waals surface area contributed by atoms with Crippen molar-refractivity contribution in [1.29, 1.82) is 0 Å². The fourth-order valence-corrected chi connectivity index (χ4v) is 2.85. The molecule has 0 fully saturated rings. The number of ether oxygens (including phenoxy) is 1. The van der Waals surface area contributed by atoms with Crippen molar-refractivity contribution < 1.29 is 14.3 Å². The van der Waals surface area contributed by atoms with Crippen LogP contribution in [0.15, 0.2) is 18.2 Å². The Labute approximate surface area is 163 Å². The van der Waals surface area contributed by atoms with Crippen LogP contribution in [0.1, 0.15) is 46.6 Å². The van der Waals surface area contributed by atoms with Crippen LogP contribution >= 0.6 is 0 Å². The van der Waals surface area contributed by atoms with Gasteiger partial charge in [0.05, 0.1) is 0 Å². The Morgan fingerprint density at radius 1 is 1.19 bits per heavy atom. The van der Waals surface area contributed by atoms with Gasteiger partial charge in [0.15, 0.2) is 0 Å². The molecule has 1 aromatic carbocycles. The average molecular weight is 378 g/mol. The van der Waals surface area contributed by atoms with Gasteiger partial charge >= 0.3 is 0 Å². The molecule has 6 nitrogen and oxygen atoms in total. The molecule has 0 aromatic heterocycles. The molecule has 27 heavy (non-hydrogen) atoms. The van der Waals surface area contributed by atoms with Crippen molar-refractivity contribution in [3.05, 3.63) is 23.8 Å². The third kappa shape index (κ3) is 7.59. The lowest BCUT2D eigenvalue weighted by molar-refractivity contribution is -0.135. The van der Waals surface area contributed by atoms with Gasteiger partial charge < -0.3 is 19.9 Å². The Morgan fingerprint density at radius 2 is 1.81 bits per heavy atom. The van der Waals surface area contributed by atoms with Crippen LogP contribution in [0.3, 0.4) is 0 Å². The first-order chi connectivity index (χ1) is 12.4. The molecule has 0 aliphatic rings. The van der Waals surface area contributed by atoms with E-state index in [1.807, 2.05) is 55.9 Å². The molecule has 6 heteroatoms. The molecule has 152 valence electrons. The Bertz CT molecular complexity index is 649. The van der Waals surface area contributed by atoms with Crippen LogP contribution in [0, 0.1) is 5.41 Å². The highest BCUT2D eigenvalue weighted by molar-refractivity contribution is 5.92. The third-order valence-electron chi connectivity index (χ3n) is 4.09. The van der Waals surface area contributed by atoms with E-state index < -0.39 is 0 Å². The van der Waals surface area contributed by atoms with Crippen molar-refractivity contribution in [3.63, 3.8) is 0 Å². The molecule has 2 amide bonds. The van der Waals surface area contributed by atoms with Crippen LogP contribution in [0.4, 0.5) is 11.4 Å². The number of nitrogens with zero attached hydrogens (tertiary/aromatic N) is 2. The summed E-state index contributed by atoms with van der Waals surface area (Å²) in [5, 5.41) is 2.83. The summed E-state index contributed by atoms with van der Waals surface area (Å²) < 4.78 is 4.87. The van der Waals surface area contributed by atoms with Crippen molar-refractivity contribution in [2.45, 2.75) is 53.6 Å². The minimum atomic E-state index is -0.203. The summed E-state index contributed by atoms with van der Waals surface area (Å²) in [5.41, 5.74) is 2.65. The molecule has 0 radical (unpaired) electrons. The summed E-state index contributed by atoms with van der Waals surface area (Å²) in [4.78, 5) is 28.6. The van der Waals surface area contributed by atoms with E-state index in [0.717, 1.165) is 11.3 Å². The second-order valence-corrected chi connectivity index (χ2v) is 8.57. The second-order valence-electron chi connectivity index (χ2n) is 8.57. The van der Waals surface area contributed by atoms with E-state index in [4.69, 9.17) is 4.74 Å². The lowest BCUT2D eigenvalue weighted by Gasteiger charge is -2.31. The van der Waals surface area contributed by atoms with Crippen molar-refractivity contribution in [2.75, 3.05) is 38.0 Å². The first kappa shape index (κ1) is 23.0. The van der Waals surface area contributed by atoms with E-state index >= 15 is 0 Å². The van der Waals surface area contributed by atoms with E-state index in [0.29, 0.717) is 18.7 Å². The number of carbonyl (C=O) groups excluding carboxylic acids is 2. The number of methoxy groups -OCH3 is 1. The third-order valence-corrected chi connectivity index (χ3v) is 4.09. The van der Waals surface area contributed by atoms with Gasteiger partial charge in [0.1, 0.15) is 6.61 Å². The molecule has 0 saturated heterocycles. The lowest BCUT2D eigenvalue weighted by Crippen LogP contribution is -2.38. The summed E-state index contributed by atoms with van der Waals surface area (Å²) in [6.45, 7) is 10.8. The monoisotopic (exact) mass is 377 g/mol. The predicted molar refractivity (Wildman–Crippen MR) is 111 cm³/mol. The summed E-state index contributed by atoms with van der Waals surface area (Å²) in [6, 6.07) is 5.84. The molecule has 0 unspecified atom stereocenters. The van der Waals surface area contributed by atoms with Crippen molar-refractivity contribution in [3.8, 4) is 0 Å². The van der Waals surface area contributed by atoms with Crippen LogP contribution in [0.5, 0.6) is 0 Å². The Kier molecular flexibility index (Phi) is 8.28. The maximum absolute atomic E-state index is 12.9. The Balaban J connectivity index is 3.15. The summed E-state index contributed by atoms with van der Waals surface area (Å²) >= 11 is 0. The van der Waals surface area contributed by atoms with Crippen LogP contribution < -0.4 is 10.2 Å². The van der Waals surface area contributed by atoms with Gasteiger partial charge in [-0.15, -0.1) is 0 Å². The minimum absolute atomic E-state index is 0.00690. The molecular formula is C21H35N3O3. The minimum Gasteiger partial charge on any atom is -0.377 e. The van der Waals surface area contributed by atoms with Gasteiger partial charge in [-0.1, -0.05) is 20.8 Å². The molecule has 0 aliphatic carbocycles. The van der Waals surface area contributed by atoms with Gasteiger partial charge in [0.2, 0.25) is 11.8 Å². The maximum atomic E-state index is 12.9. The van der Waals surface area contributed by atoms with Gasteiger partial charge in [-0.25, -0.2) is 0 Å². The van der Waals surface area contributed by atoms with Gasteiger partial charge in [0, 0.05) is 51.6 Å². The second kappa shape index (κ2) is 9.74. The van der Waals surface area contributed by atoms with Crippen molar-refractivity contribution in [1.82, 2.24) is 4.90 Å². The van der Waals surface area contributed by atoms with E-state index in [2.05, 4.69) is 26.1 Å². The summed E-state index contributed by atoms with van der Waals surface area (Å²) in [7, 11) is 5.43. The van der Waals surface area contributed by atoms with Crippen LogP contribution in [-0.2, 0) is 20.9 Å². The summed E-state index contributed by atoms with van der Waals surface area (Å²) in [5.74, 6) is -0.0680. The average Bonchev–Trinajstić information content (AvgIpc) is 2.50. The Morgan fingerprint density at radius 3 is 2.30 bits per heavy atom. The zero-order chi connectivity index (χ0) is 20.8. The smallest absolute Gasteiger partial charge is 0.250 e. The highest BCUT2D eigenvalue weighted by atomic mass is 16.5. The highest BCUT2D eigenvalue weighted by Crippen LogP contribution is 2.27. The van der Waals surface area contributed by atoms with Gasteiger partial charge in [-0.2, -0.15) is 0 Å². The molecule has 0 aliphatic heterocycles. The van der Waals surface area contributed by atoms with Crippen LogP contribution in [-0.4, -0.2) is 50.6 Å². The first-order valence-electron chi connectivity index (χ1n) is 9.33. The van der Waals surface area contributed by atoms with Gasteiger partial charge in [-0.05, 0) is 43.0 Å². The Hall–Kier alpha value is -2.08. The SMILES string of the molecule is COCC(=O)Nc1ccc(N(C)C)c(CN(C(=O)CC(C)(C)C)C(C)C)c1. The fraction of sp³-hybridized carbons (Fsp3) is 0.619. The maximum Gasteiger partial charge on any atom is 0.250 e. The largest absolute Gasteiger partial charge is 0.377 e. The lowest BCUT2D eigenvalue weighted by atomic mass is 9.91. The van der Waals surface area contributed by atoms with Crippen LogP contribution in [0.25, 0.3) is 0 Å². The van der Waals surface area contributed by atoms with Gasteiger partial charge in [-0.3, -0.25) is 9.59 Å². The molecule has 1 aromatic rings. The number of nitrogens with one attached hydrogen (secondary N) is 1. The highest BCUT2D eigenvalue weighted by Gasteiger charge is 2.24. The number of hydrogen-bond acceptors (Lipinski definition) is 4. The molecule has 1 N–H and O–H groups in total. The standard InChI is InChI=1S/C21H35N3O3/c1-15(2)24(20(26)12-21(3,4)5)13-16-11-17(22-19(25)14-27-8)9-10-18(16)23(6)7/h9-11,15H,12-14H2,1-8H3,(H,22,25). The van der Waals surface area contributed by atoms with E-state index in [1.54, 1.807) is 0 Å². The molecule has 0 saturated carbocycles. The fourth-order valence-electron chi connectivity index (χ4n) is 2.85. The van der Waals surface area contributed by atoms with Crippen molar-refractivity contribution >= 4 is 23.2 Å². The predicted octanol–water partition coefficient (Wildman–Crippen LogP) is 3.51. The number of amides is 2. The normalized spacial score (nSPS) is 11.4. The number of carbonyl (C=O) groups is 2. The van der Waals surface area contributed by atoms with E-state index in [-0.39, 0.29) is 29.9 Å². The number of benzene rings is 1. The molecule has 0 bridgehead atoms. The quantitative estimate of drug-likeness (QED) is 0.753. The molecule has 0 atom stereocenters. The van der Waals surface area contributed by atoms with E-state index in [1.165, 1.54) is 7.11 Å². The molecule has 0 spiro atoms.